The van der Waals surface area contributed by atoms with E-state index in [-0.39, 0.29) is 23.4 Å². The maximum atomic E-state index is 11.7. The van der Waals surface area contributed by atoms with Crippen molar-refractivity contribution in [1.29, 1.82) is 0 Å². The minimum absolute atomic E-state index is 0.177. The van der Waals surface area contributed by atoms with Gasteiger partial charge in [0, 0.05) is 5.56 Å². The zero-order valence-corrected chi connectivity index (χ0v) is 12.8. The van der Waals surface area contributed by atoms with Crippen molar-refractivity contribution in [3.63, 3.8) is 0 Å². The fourth-order valence-corrected chi connectivity index (χ4v) is 3.70. The van der Waals surface area contributed by atoms with Crippen LogP contribution in [-0.2, 0) is 11.3 Å². The van der Waals surface area contributed by atoms with Crippen molar-refractivity contribution in [2.24, 2.45) is 0 Å². The van der Waals surface area contributed by atoms with Crippen LogP contribution in [-0.4, -0.2) is 41.6 Å². The lowest BCUT2D eigenvalue weighted by Crippen LogP contribution is -2.27. The Kier molecular flexibility index (Phi) is 3.16. The number of imide groups is 1. The molecule has 0 N–H and O–H groups in total. The Morgan fingerprint density at radius 1 is 1.14 bits per heavy atom. The number of aromatic nitrogens is 4. The topological polar surface area (TPSA) is 80.5 Å². The molecule has 0 atom stereocenters. The van der Waals surface area contributed by atoms with E-state index in [1.807, 2.05) is 30.3 Å². The van der Waals surface area contributed by atoms with Gasteiger partial charge in [0.05, 0.1) is 12.3 Å². The molecule has 9 heteroatoms. The average Bonchev–Trinajstić information content (AvgIpc) is 3.18. The molecular weight excluding hydrogens is 322 g/mol. The summed E-state index contributed by atoms with van der Waals surface area (Å²) in [6.45, 7) is 0.187. The summed E-state index contributed by atoms with van der Waals surface area (Å²) in [7, 11) is 0. The van der Waals surface area contributed by atoms with Crippen LogP contribution < -0.4 is 0 Å². The zero-order valence-electron chi connectivity index (χ0n) is 11.2. The van der Waals surface area contributed by atoms with E-state index in [9.17, 15) is 9.59 Å². The molecule has 3 aromatic rings. The quantitative estimate of drug-likeness (QED) is 0.731. The molecule has 0 saturated carbocycles. The lowest BCUT2D eigenvalue weighted by molar-refractivity contribution is -0.125. The Morgan fingerprint density at radius 3 is 2.68 bits per heavy atom. The predicted molar refractivity (Wildman–Crippen MR) is 82.5 cm³/mol. The summed E-state index contributed by atoms with van der Waals surface area (Å²) in [5.41, 5.74) is 0.913. The van der Waals surface area contributed by atoms with Crippen molar-refractivity contribution in [3.05, 3.63) is 35.3 Å². The summed E-state index contributed by atoms with van der Waals surface area (Å²) in [5, 5.41) is 13.1. The van der Waals surface area contributed by atoms with Gasteiger partial charge in [0.1, 0.15) is 5.01 Å². The van der Waals surface area contributed by atoms with Crippen LogP contribution in [0.2, 0.25) is 0 Å². The Labute approximate surface area is 133 Å². The first-order valence-electron chi connectivity index (χ1n) is 6.46. The van der Waals surface area contributed by atoms with E-state index in [1.165, 1.54) is 16.2 Å². The number of hydrogen-bond donors (Lipinski definition) is 0. The average molecular weight is 331 g/mol. The fraction of sp³-hybridized carbons (Fsp3) is 0.154. The Balaban J connectivity index is 1.69. The second-order valence-corrected chi connectivity index (χ2v) is 6.58. The van der Waals surface area contributed by atoms with Crippen LogP contribution in [0.3, 0.4) is 0 Å². The number of carbonyl (C=O) groups is 2. The molecule has 0 unspecified atom stereocenters. The van der Waals surface area contributed by atoms with Crippen LogP contribution >= 0.6 is 23.1 Å². The van der Waals surface area contributed by atoms with Crippen molar-refractivity contribution >= 4 is 39.2 Å². The Morgan fingerprint density at radius 2 is 1.95 bits per heavy atom. The van der Waals surface area contributed by atoms with Gasteiger partial charge in [-0.2, -0.15) is 9.61 Å². The van der Waals surface area contributed by atoms with Crippen LogP contribution in [0.1, 0.15) is 5.01 Å². The number of rotatable bonds is 3. The first-order valence-corrected chi connectivity index (χ1v) is 8.26. The molecule has 1 aromatic carbocycles. The lowest BCUT2D eigenvalue weighted by Gasteiger charge is -2.09. The SMILES string of the molecule is O=C1CSC(=O)N1Cc1nn2c(-c3ccccc3)nnc2s1. The number of thioether (sulfide) groups is 1. The van der Waals surface area contributed by atoms with E-state index in [0.29, 0.717) is 15.8 Å². The van der Waals surface area contributed by atoms with E-state index < -0.39 is 0 Å². The van der Waals surface area contributed by atoms with Gasteiger partial charge >= 0.3 is 0 Å². The van der Waals surface area contributed by atoms with Gasteiger partial charge < -0.3 is 0 Å². The minimum Gasteiger partial charge on any atom is -0.273 e. The standard InChI is InChI=1S/C13H9N5O2S2/c19-10-7-21-13(20)17(10)6-9-16-18-11(14-15-12(18)22-9)8-4-2-1-3-5-8/h1-5H,6-7H2. The summed E-state index contributed by atoms with van der Waals surface area (Å²) >= 11 is 2.35. The predicted octanol–water partition coefficient (Wildman–Crippen LogP) is 2.05. The highest BCUT2D eigenvalue weighted by Gasteiger charge is 2.31. The van der Waals surface area contributed by atoms with E-state index in [0.717, 1.165) is 17.3 Å². The smallest absolute Gasteiger partial charge is 0.273 e. The number of benzene rings is 1. The molecule has 110 valence electrons. The number of fused-ring (bicyclic) bond motifs is 1. The van der Waals surface area contributed by atoms with Gasteiger partial charge in [-0.15, -0.1) is 10.2 Å². The molecule has 0 bridgehead atoms. The summed E-state index contributed by atoms with van der Waals surface area (Å²) in [5.74, 6) is 0.675. The maximum Gasteiger partial charge on any atom is 0.289 e. The molecule has 1 aliphatic heterocycles. The third kappa shape index (κ3) is 2.18. The van der Waals surface area contributed by atoms with Gasteiger partial charge in [-0.1, -0.05) is 53.4 Å². The van der Waals surface area contributed by atoms with Crippen LogP contribution in [0, 0.1) is 0 Å². The van der Waals surface area contributed by atoms with Crippen LogP contribution in [0.5, 0.6) is 0 Å². The molecule has 1 aliphatic rings. The fourth-order valence-electron chi connectivity index (χ4n) is 2.16. The molecule has 0 aliphatic carbocycles. The van der Waals surface area contributed by atoms with Crippen molar-refractivity contribution in [2.45, 2.75) is 6.54 Å². The summed E-state index contributed by atoms with van der Waals surface area (Å²) in [4.78, 5) is 25.2. The van der Waals surface area contributed by atoms with Crippen LogP contribution in [0.25, 0.3) is 16.3 Å². The van der Waals surface area contributed by atoms with Crippen molar-refractivity contribution in [1.82, 2.24) is 24.7 Å². The van der Waals surface area contributed by atoms with Gasteiger partial charge in [0.25, 0.3) is 5.24 Å². The summed E-state index contributed by atoms with van der Waals surface area (Å²) in [6, 6.07) is 9.63. The van der Waals surface area contributed by atoms with Gasteiger partial charge in [-0.05, 0) is 0 Å². The molecular formula is C13H9N5O2S2. The third-order valence-electron chi connectivity index (χ3n) is 3.20. The molecule has 1 saturated heterocycles. The summed E-state index contributed by atoms with van der Waals surface area (Å²) < 4.78 is 1.65. The lowest BCUT2D eigenvalue weighted by atomic mass is 10.2. The van der Waals surface area contributed by atoms with Gasteiger partial charge in [0.2, 0.25) is 10.9 Å². The highest BCUT2D eigenvalue weighted by atomic mass is 32.2. The first-order chi connectivity index (χ1) is 10.7. The monoisotopic (exact) mass is 331 g/mol. The van der Waals surface area contributed by atoms with Gasteiger partial charge in [-0.3, -0.25) is 14.5 Å². The molecule has 1 fully saturated rings. The normalized spacial score (nSPS) is 15.2. The van der Waals surface area contributed by atoms with Crippen molar-refractivity contribution in [2.75, 3.05) is 5.75 Å². The van der Waals surface area contributed by atoms with E-state index >= 15 is 0 Å². The van der Waals surface area contributed by atoms with Gasteiger partial charge in [0.15, 0.2) is 5.82 Å². The molecule has 0 radical (unpaired) electrons. The Bertz CT molecular complexity index is 857. The van der Waals surface area contributed by atoms with E-state index in [2.05, 4.69) is 15.3 Å². The Hall–Kier alpha value is -2.26. The van der Waals surface area contributed by atoms with Crippen molar-refractivity contribution in [3.8, 4) is 11.4 Å². The molecule has 4 rings (SSSR count). The number of nitrogens with zero attached hydrogens (tertiary/aromatic N) is 5. The van der Waals surface area contributed by atoms with Crippen LogP contribution in [0.15, 0.2) is 30.3 Å². The number of amides is 2. The molecule has 2 aromatic heterocycles. The molecule has 0 spiro atoms. The van der Waals surface area contributed by atoms with Gasteiger partial charge in [-0.25, -0.2) is 0 Å². The minimum atomic E-state index is -0.223. The number of hydrogen-bond acceptors (Lipinski definition) is 7. The second-order valence-electron chi connectivity index (χ2n) is 4.61. The third-order valence-corrected chi connectivity index (χ3v) is 4.94. The molecule has 3 heterocycles. The highest BCUT2D eigenvalue weighted by molar-refractivity contribution is 8.14. The largest absolute Gasteiger partial charge is 0.289 e. The van der Waals surface area contributed by atoms with E-state index in [4.69, 9.17) is 0 Å². The zero-order chi connectivity index (χ0) is 15.1. The highest BCUT2D eigenvalue weighted by Crippen LogP contribution is 2.25. The second kappa shape index (κ2) is 5.18. The first kappa shape index (κ1) is 13.4. The molecule has 7 nitrogen and oxygen atoms in total. The van der Waals surface area contributed by atoms with Crippen LogP contribution in [0.4, 0.5) is 4.79 Å². The van der Waals surface area contributed by atoms with Crippen molar-refractivity contribution < 1.29 is 9.59 Å². The summed E-state index contributed by atoms with van der Waals surface area (Å²) in [6.07, 6.45) is 0. The molecule has 2 amide bonds. The number of carbonyl (C=O) groups excluding carboxylic acids is 2. The maximum absolute atomic E-state index is 11.7. The molecule has 22 heavy (non-hydrogen) atoms. The van der Waals surface area contributed by atoms with E-state index in [1.54, 1.807) is 4.52 Å².